The van der Waals surface area contributed by atoms with Crippen LogP contribution in [0.1, 0.15) is 25.7 Å². The molecular weight excluding hydrogens is 378 g/mol. The van der Waals surface area contributed by atoms with Crippen LogP contribution in [0.5, 0.6) is 5.75 Å². The van der Waals surface area contributed by atoms with Crippen molar-refractivity contribution in [2.24, 2.45) is 0 Å². The molecule has 3 aliphatic rings. The molecule has 1 unspecified atom stereocenters. The van der Waals surface area contributed by atoms with Crippen LogP contribution in [0.15, 0.2) is 29.2 Å². The van der Waals surface area contributed by atoms with Gasteiger partial charge in [0.15, 0.2) is 4.90 Å². The van der Waals surface area contributed by atoms with Crippen molar-refractivity contribution < 1.29 is 18.3 Å². The van der Waals surface area contributed by atoms with Crippen molar-refractivity contribution in [3.05, 3.63) is 24.3 Å². The number of ether oxygens (including phenoxy) is 1. The fourth-order valence-corrected chi connectivity index (χ4v) is 4.72. The van der Waals surface area contributed by atoms with Gasteiger partial charge in [0.05, 0.1) is 13.1 Å². The van der Waals surface area contributed by atoms with E-state index in [1.165, 1.54) is 25.5 Å². The lowest BCUT2D eigenvalue weighted by Crippen LogP contribution is -2.60. The Labute approximate surface area is 167 Å². The molecule has 0 bridgehead atoms. The van der Waals surface area contributed by atoms with Crippen molar-refractivity contribution in [2.45, 2.75) is 42.7 Å². The molecule has 2 aliphatic heterocycles. The smallest absolute Gasteiger partial charge is 0.320 e. The third-order valence-electron chi connectivity index (χ3n) is 6.07. The summed E-state index contributed by atoms with van der Waals surface area (Å²) < 4.78 is 27.1. The van der Waals surface area contributed by atoms with Crippen LogP contribution >= 0.6 is 0 Å². The Kier molecular flexibility index (Phi) is 5.62. The Hall–Kier alpha value is -1.64. The zero-order valence-corrected chi connectivity index (χ0v) is 17.3. The predicted octanol–water partition coefficient (Wildman–Crippen LogP) is 2.39. The minimum absolute atomic E-state index is 0.0200. The van der Waals surface area contributed by atoms with Gasteiger partial charge in [-0.2, -0.15) is 4.55 Å². The van der Waals surface area contributed by atoms with Gasteiger partial charge >= 0.3 is 6.03 Å². The van der Waals surface area contributed by atoms with Crippen molar-refractivity contribution in [2.75, 3.05) is 45.5 Å². The summed E-state index contributed by atoms with van der Waals surface area (Å²) in [6, 6.07) is 7.52. The van der Waals surface area contributed by atoms with Gasteiger partial charge in [-0.1, -0.05) is 10.6 Å². The minimum atomic E-state index is -2.95. The average Bonchev–Trinajstić information content (AvgIpc) is 2.81. The van der Waals surface area contributed by atoms with Gasteiger partial charge < -0.3 is 14.5 Å². The molecular formula is C20H30N3O4S+. The summed E-state index contributed by atoms with van der Waals surface area (Å²) in [5, 5.41) is 0. The molecule has 4 rings (SSSR count). The largest absolute Gasteiger partial charge is 0.487 e. The Balaban J connectivity index is 1.23. The van der Waals surface area contributed by atoms with Crippen molar-refractivity contribution in [1.29, 1.82) is 0 Å². The van der Waals surface area contributed by atoms with Crippen molar-refractivity contribution in [3.63, 3.8) is 0 Å². The third kappa shape index (κ3) is 4.34. The number of rotatable bonds is 4. The van der Waals surface area contributed by atoms with E-state index in [1.807, 2.05) is 9.80 Å². The second kappa shape index (κ2) is 8.00. The Morgan fingerprint density at radius 1 is 1.04 bits per heavy atom. The highest BCUT2D eigenvalue weighted by molar-refractivity contribution is 7.97. The lowest BCUT2D eigenvalue weighted by atomic mass is 9.91. The molecule has 2 amide bonds. The normalized spacial score (nSPS) is 24.1. The van der Waals surface area contributed by atoms with E-state index in [2.05, 4.69) is 4.90 Å². The molecule has 7 nitrogen and oxygen atoms in total. The molecule has 2 heterocycles. The zero-order chi connectivity index (χ0) is 19.7. The summed E-state index contributed by atoms with van der Waals surface area (Å²) in [7, 11) is -2.95. The van der Waals surface area contributed by atoms with Gasteiger partial charge in [-0.25, -0.2) is 4.79 Å². The summed E-state index contributed by atoms with van der Waals surface area (Å²) in [5.74, 6) is 0.662. The van der Waals surface area contributed by atoms with Gasteiger partial charge in [0.1, 0.15) is 18.1 Å². The quantitative estimate of drug-likeness (QED) is 0.775. The van der Waals surface area contributed by atoms with E-state index in [-0.39, 0.29) is 12.1 Å². The molecule has 0 radical (unpaired) electrons. The molecule has 0 spiro atoms. The highest BCUT2D eigenvalue weighted by Crippen LogP contribution is 2.26. The molecule has 1 saturated carbocycles. The van der Waals surface area contributed by atoms with E-state index in [4.69, 9.17) is 4.74 Å². The number of carbonyl (C=O) groups excluding carboxylic acids is 1. The van der Waals surface area contributed by atoms with E-state index < -0.39 is 10.2 Å². The molecule has 3 fully saturated rings. The van der Waals surface area contributed by atoms with Gasteiger partial charge in [0, 0.05) is 32.2 Å². The Bertz CT molecular complexity index is 740. The average molecular weight is 409 g/mol. The maximum atomic E-state index is 12.8. The van der Waals surface area contributed by atoms with Gasteiger partial charge in [-0.15, -0.1) is 0 Å². The molecule has 0 aromatic heterocycles. The van der Waals surface area contributed by atoms with Crippen LogP contribution in [0.3, 0.4) is 0 Å². The summed E-state index contributed by atoms with van der Waals surface area (Å²) in [5.41, 5.74) is 0. The number of nitrogens with zero attached hydrogens (tertiary/aromatic N) is 3. The van der Waals surface area contributed by atoms with Crippen LogP contribution in [0.2, 0.25) is 0 Å². The number of hydrogen-bond donors (Lipinski definition) is 1. The van der Waals surface area contributed by atoms with Crippen LogP contribution in [-0.4, -0.2) is 83.0 Å². The highest BCUT2D eigenvalue weighted by Gasteiger charge is 2.36. The van der Waals surface area contributed by atoms with Crippen LogP contribution in [0.4, 0.5) is 4.79 Å². The second-order valence-electron chi connectivity index (χ2n) is 8.16. The van der Waals surface area contributed by atoms with Gasteiger partial charge in [0.2, 0.25) is 10.2 Å². The van der Waals surface area contributed by atoms with Crippen LogP contribution in [0, 0.1) is 0 Å². The zero-order valence-electron chi connectivity index (χ0n) is 16.5. The molecule has 8 heteroatoms. The molecule has 1 N–H and O–H groups in total. The number of benzene rings is 1. The van der Waals surface area contributed by atoms with Crippen LogP contribution < -0.4 is 4.74 Å². The van der Waals surface area contributed by atoms with Gasteiger partial charge in [0.25, 0.3) is 0 Å². The van der Waals surface area contributed by atoms with E-state index >= 15 is 0 Å². The minimum Gasteiger partial charge on any atom is -0.487 e. The predicted molar refractivity (Wildman–Crippen MR) is 108 cm³/mol. The number of urea groups is 1. The van der Waals surface area contributed by atoms with E-state index in [0.29, 0.717) is 23.7 Å². The summed E-state index contributed by atoms with van der Waals surface area (Å²) >= 11 is 0. The van der Waals surface area contributed by atoms with E-state index in [9.17, 15) is 13.6 Å². The Morgan fingerprint density at radius 2 is 1.75 bits per heavy atom. The maximum Gasteiger partial charge on any atom is 0.320 e. The number of amides is 2. The highest BCUT2D eigenvalue weighted by atomic mass is 32.3. The van der Waals surface area contributed by atoms with Crippen molar-refractivity contribution in [1.82, 2.24) is 14.7 Å². The van der Waals surface area contributed by atoms with Crippen LogP contribution in [-0.2, 0) is 14.4 Å². The lowest BCUT2D eigenvalue weighted by Gasteiger charge is -2.41. The monoisotopic (exact) mass is 408 g/mol. The molecule has 154 valence electrons. The summed E-state index contributed by atoms with van der Waals surface area (Å²) in [6.45, 7) is 4.93. The molecule has 1 aromatic rings. The molecule has 2 saturated heterocycles. The molecule has 1 aliphatic carbocycles. The lowest BCUT2D eigenvalue weighted by molar-refractivity contribution is 0.0308. The van der Waals surface area contributed by atoms with Gasteiger partial charge in [-0.05, 0) is 43.5 Å². The maximum absolute atomic E-state index is 12.8. The SMILES string of the molecule is C[S+](=O)(O)c1ccc(OC2CN(C(=O)N3CCCN(C4CCC4)CC3)C2)cc1. The number of carbonyl (C=O) groups is 1. The fourth-order valence-electron chi connectivity index (χ4n) is 4.08. The standard InChI is InChI=1S/C20H29N3O4S/c1-28(25,26)19-8-6-17(7-9-19)27-18-14-23(15-18)20(24)22-11-3-10-21(12-13-22)16-4-2-5-16/h6-9,16,18H,2-5,10-15H2,1H3/p+1. The first kappa shape index (κ1) is 19.7. The van der Waals surface area contributed by atoms with Gasteiger partial charge in [-0.3, -0.25) is 4.90 Å². The first-order chi connectivity index (χ1) is 13.4. The first-order valence-corrected chi connectivity index (χ1v) is 12.1. The molecule has 28 heavy (non-hydrogen) atoms. The van der Waals surface area contributed by atoms with E-state index in [1.54, 1.807) is 24.3 Å². The Morgan fingerprint density at radius 3 is 2.36 bits per heavy atom. The van der Waals surface area contributed by atoms with Crippen molar-refractivity contribution in [3.8, 4) is 5.75 Å². The van der Waals surface area contributed by atoms with Crippen LogP contribution in [0.25, 0.3) is 0 Å². The number of likely N-dealkylation sites (tertiary alicyclic amines) is 1. The van der Waals surface area contributed by atoms with E-state index in [0.717, 1.165) is 38.6 Å². The molecule has 1 aromatic carbocycles. The summed E-state index contributed by atoms with van der Waals surface area (Å²) in [4.78, 5) is 19.6. The van der Waals surface area contributed by atoms with Crippen molar-refractivity contribution >= 4 is 16.2 Å². The summed E-state index contributed by atoms with van der Waals surface area (Å²) in [6.07, 6.45) is 6.30. The topological polar surface area (TPSA) is 73.3 Å². The third-order valence-corrected chi connectivity index (χ3v) is 7.22. The second-order valence-corrected chi connectivity index (χ2v) is 10.2. The molecule has 1 atom stereocenters. The fraction of sp³-hybridized carbons (Fsp3) is 0.650. The first-order valence-electron chi connectivity index (χ1n) is 10.2. The number of hydrogen-bond acceptors (Lipinski definition) is 4.